The first-order valence-corrected chi connectivity index (χ1v) is 5.70. The van der Waals surface area contributed by atoms with Crippen LogP contribution in [0.2, 0.25) is 0 Å². The molecule has 0 unspecified atom stereocenters. The molecule has 16 heavy (non-hydrogen) atoms. The molecule has 0 radical (unpaired) electrons. The van der Waals surface area contributed by atoms with Gasteiger partial charge in [0.15, 0.2) is 0 Å². The van der Waals surface area contributed by atoms with Gasteiger partial charge in [-0.15, -0.1) is 11.8 Å². The van der Waals surface area contributed by atoms with Crippen LogP contribution < -0.4 is 10.6 Å². The summed E-state index contributed by atoms with van der Waals surface area (Å²) in [5.41, 5.74) is 0. The number of carbonyl (C=O) groups is 2. The van der Waals surface area contributed by atoms with Gasteiger partial charge in [-0.3, -0.25) is 9.59 Å². The average molecular weight is 247 g/mol. The van der Waals surface area contributed by atoms with Crippen molar-refractivity contribution in [2.24, 2.45) is 4.99 Å². The molecule has 0 atom stereocenters. The lowest BCUT2D eigenvalue weighted by atomic mass is 10.5. The molecule has 0 rings (SSSR count). The highest BCUT2D eigenvalue weighted by atomic mass is 32.2. The van der Waals surface area contributed by atoms with E-state index in [-0.39, 0.29) is 17.4 Å². The fourth-order valence-corrected chi connectivity index (χ4v) is 1.25. The highest BCUT2D eigenvalue weighted by Gasteiger charge is 2.14. The summed E-state index contributed by atoms with van der Waals surface area (Å²) in [5, 5.41) is 4.61. The summed E-state index contributed by atoms with van der Waals surface area (Å²) in [4.78, 5) is 25.5. The van der Waals surface area contributed by atoms with Gasteiger partial charge in [0.1, 0.15) is 4.91 Å². The molecule has 0 aromatic rings. The summed E-state index contributed by atoms with van der Waals surface area (Å²) >= 11 is 0.932. The third-order valence-electron chi connectivity index (χ3n) is 1.53. The topological polar surface area (TPSA) is 70.6 Å². The number of nitrogens with zero attached hydrogens (tertiary/aromatic N) is 1. The molecule has 0 aliphatic rings. The van der Waals surface area contributed by atoms with E-state index in [2.05, 4.69) is 15.6 Å². The molecule has 2 N–H and O–H groups in total. The lowest BCUT2D eigenvalue weighted by molar-refractivity contribution is -0.123. The molecule has 0 aliphatic heterocycles. The molecule has 0 fully saturated rings. The molecule has 0 bridgehead atoms. The average Bonchev–Trinajstić information content (AvgIpc) is 2.27. The summed E-state index contributed by atoms with van der Waals surface area (Å²) in [6, 6.07) is 0. The molecule has 0 spiro atoms. The van der Waals surface area contributed by atoms with E-state index in [1.807, 2.05) is 0 Å². The van der Waals surface area contributed by atoms with Crippen LogP contribution >= 0.6 is 11.8 Å². The molecular weight excluding hydrogens is 233 g/mol. The number of rotatable bonds is 5. The van der Waals surface area contributed by atoms with E-state index in [1.165, 1.54) is 13.3 Å². The minimum absolute atomic E-state index is 0.151. The largest absolute Gasteiger partial charge is 0.358 e. The van der Waals surface area contributed by atoms with Gasteiger partial charge < -0.3 is 10.6 Å². The standard InChI is InChI=1S/C9H14FN3O2S/c1-4-12-8(10)7(16-3)9(15)13-5-6(14)11-2/h4H,5H2,1-3H3,(H,11,14)(H,13,15)/b8-7-,12-4+. The monoisotopic (exact) mass is 247 g/mol. The van der Waals surface area contributed by atoms with Crippen LogP contribution in [0.3, 0.4) is 0 Å². The van der Waals surface area contributed by atoms with Crippen LogP contribution in [-0.2, 0) is 9.59 Å². The van der Waals surface area contributed by atoms with Crippen LogP contribution in [0.1, 0.15) is 6.92 Å². The Morgan fingerprint density at radius 1 is 1.50 bits per heavy atom. The fourth-order valence-electron chi connectivity index (χ4n) is 0.772. The Morgan fingerprint density at radius 2 is 2.12 bits per heavy atom. The number of hydrogen-bond acceptors (Lipinski definition) is 4. The van der Waals surface area contributed by atoms with Crippen molar-refractivity contribution in [2.45, 2.75) is 6.92 Å². The van der Waals surface area contributed by atoms with Gasteiger partial charge >= 0.3 is 0 Å². The van der Waals surface area contributed by atoms with Crippen molar-refractivity contribution in [3.05, 3.63) is 10.9 Å². The summed E-state index contributed by atoms with van der Waals surface area (Å²) < 4.78 is 13.2. The first kappa shape index (κ1) is 14.6. The van der Waals surface area contributed by atoms with Crippen molar-refractivity contribution in [3.63, 3.8) is 0 Å². The molecule has 5 nitrogen and oxygen atoms in total. The lowest BCUT2D eigenvalue weighted by Gasteiger charge is -2.05. The zero-order valence-electron chi connectivity index (χ0n) is 9.33. The van der Waals surface area contributed by atoms with Crippen molar-refractivity contribution >= 4 is 29.8 Å². The Bertz CT molecular complexity index is 329. The van der Waals surface area contributed by atoms with E-state index in [4.69, 9.17) is 0 Å². The van der Waals surface area contributed by atoms with Crippen molar-refractivity contribution in [1.82, 2.24) is 10.6 Å². The van der Waals surface area contributed by atoms with Crippen molar-refractivity contribution in [3.8, 4) is 0 Å². The van der Waals surface area contributed by atoms with Gasteiger partial charge in [-0.05, 0) is 13.2 Å². The lowest BCUT2D eigenvalue weighted by Crippen LogP contribution is -2.35. The van der Waals surface area contributed by atoms with Crippen molar-refractivity contribution in [1.29, 1.82) is 0 Å². The van der Waals surface area contributed by atoms with E-state index in [0.717, 1.165) is 11.8 Å². The SMILES string of the molecule is C/C=N/C(F)=C(\SC)C(=O)NCC(=O)NC. The Kier molecular flexibility index (Phi) is 7.19. The number of thioether (sulfide) groups is 1. The maximum atomic E-state index is 13.2. The van der Waals surface area contributed by atoms with Gasteiger partial charge in [0, 0.05) is 13.3 Å². The van der Waals surface area contributed by atoms with Gasteiger partial charge in [0.25, 0.3) is 5.91 Å². The molecule has 2 amide bonds. The quantitative estimate of drug-likeness (QED) is 0.421. The van der Waals surface area contributed by atoms with Crippen LogP contribution in [0, 0.1) is 0 Å². The predicted molar refractivity (Wildman–Crippen MR) is 62.9 cm³/mol. The van der Waals surface area contributed by atoms with E-state index in [9.17, 15) is 14.0 Å². The Labute approximate surface area is 97.6 Å². The van der Waals surface area contributed by atoms with E-state index in [0.29, 0.717) is 0 Å². The normalized spacial score (nSPS) is 12.2. The number of carbonyl (C=O) groups excluding carboxylic acids is 2. The van der Waals surface area contributed by atoms with Crippen molar-refractivity contribution < 1.29 is 14.0 Å². The Balaban J connectivity index is 4.55. The number of nitrogens with one attached hydrogen (secondary N) is 2. The number of likely N-dealkylation sites (N-methyl/N-ethyl adjacent to an activating group) is 1. The van der Waals surface area contributed by atoms with Crippen LogP contribution in [0.4, 0.5) is 4.39 Å². The Morgan fingerprint density at radius 3 is 2.56 bits per heavy atom. The number of amides is 2. The number of hydrogen-bond donors (Lipinski definition) is 2. The number of halogens is 1. The van der Waals surface area contributed by atoms with Crippen LogP contribution in [0.25, 0.3) is 0 Å². The molecule has 0 aromatic carbocycles. The van der Waals surface area contributed by atoms with Crippen LogP contribution in [0.15, 0.2) is 15.8 Å². The molecule has 0 saturated carbocycles. The number of aliphatic imine (C=N–C) groups is 1. The fraction of sp³-hybridized carbons (Fsp3) is 0.444. The van der Waals surface area contributed by atoms with E-state index >= 15 is 0 Å². The van der Waals surface area contributed by atoms with Crippen molar-refractivity contribution in [2.75, 3.05) is 19.8 Å². The second-order valence-electron chi connectivity index (χ2n) is 2.57. The zero-order valence-corrected chi connectivity index (χ0v) is 10.2. The summed E-state index contributed by atoms with van der Waals surface area (Å²) in [5.74, 6) is -1.86. The predicted octanol–water partition coefficient (Wildman–Crippen LogP) is 0.441. The zero-order chi connectivity index (χ0) is 12.6. The summed E-state index contributed by atoms with van der Waals surface area (Å²) in [6.45, 7) is 1.35. The van der Waals surface area contributed by atoms with Gasteiger partial charge in [0.2, 0.25) is 11.9 Å². The molecule has 0 heterocycles. The summed E-state index contributed by atoms with van der Waals surface area (Å²) in [7, 11) is 1.45. The minimum atomic E-state index is -0.857. The van der Waals surface area contributed by atoms with Gasteiger partial charge in [-0.1, -0.05) is 0 Å². The smallest absolute Gasteiger partial charge is 0.262 e. The van der Waals surface area contributed by atoms with Gasteiger partial charge in [-0.2, -0.15) is 4.39 Å². The summed E-state index contributed by atoms with van der Waals surface area (Å²) in [6.07, 6.45) is 2.80. The molecular formula is C9H14FN3O2S. The first-order chi connectivity index (χ1) is 7.56. The Hall–Kier alpha value is -1.37. The molecule has 90 valence electrons. The first-order valence-electron chi connectivity index (χ1n) is 4.48. The van der Waals surface area contributed by atoms with Gasteiger partial charge in [0.05, 0.1) is 6.54 Å². The maximum absolute atomic E-state index is 13.2. The minimum Gasteiger partial charge on any atom is -0.358 e. The third-order valence-corrected chi connectivity index (χ3v) is 2.29. The molecule has 0 saturated heterocycles. The second kappa shape index (κ2) is 7.86. The third kappa shape index (κ3) is 4.92. The maximum Gasteiger partial charge on any atom is 0.262 e. The van der Waals surface area contributed by atoms with E-state index in [1.54, 1.807) is 13.2 Å². The van der Waals surface area contributed by atoms with Crippen LogP contribution in [0.5, 0.6) is 0 Å². The second-order valence-corrected chi connectivity index (χ2v) is 3.38. The van der Waals surface area contributed by atoms with E-state index < -0.39 is 11.9 Å². The molecule has 0 aromatic heterocycles. The van der Waals surface area contributed by atoms with Gasteiger partial charge in [-0.25, -0.2) is 4.99 Å². The highest BCUT2D eigenvalue weighted by molar-refractivity contribution is 8.03. The molecule has 7 heteroatoms. The highest BCUT2D eigenvalue weighted by Crippen LogP contribution is 2.18. The molecule has 0 aliphatic carbocycles. The van der Waals surface area contributed by atoms with Crippen LogP contribution in [-0.4, -0.2) is 37.9 Å².